The number of carbonyl (C=O) groups is 2. The van der Waals surface area contributed by atoms with Crippen molar-refractivity contribution in [1.82, 2.24) is 15.1 Å². The summed E-state index contributed by atoms with van der Waals surface area (Å²) in [7, 11) is 0. The Morgan fingerprint density at radius 2 is 1.79 bits per heavy atom. The van der Waals surface area contributed by atoms with E-state index < -0.39 is 16.6 Å². The second kappa shape index (κ2) is 6.51. The highest BCUT2D eigenvalue weighted by Gasteiger charge is 2.71. The Hall–Kier alpha value is -2.12. The number of carbonyl (C=O) groups excluding carboxylic acids is 2. The smallest absolute Gasteiger partial charge is 0.327 e. The van der Waals surface area contributed by atoms with Gasteiger partial charge in [-0.3, -0.25) is 9.69 Å². The van der Waals surface area contributed by atoms with Gasteiger partial charge in [-0.1, -0.05) is 6.07 Å². The summed E-state index contributed by atoms with van der Waals surface area (Å²) in [5.74, 6) is 1.09. The molecular weight excluding hydrogens is 418 g/mol. The number of aromatic hydroxyl groups is 1. The Morgan fingerprint density at radius 1 is 1.03 bits per heavy atom. The van der Waals surface area contributed by atoms with Gasteiger partial charge in [-0.25, -0.2) is 4.79 Å². The van der Waals surface area contributed by atoms with Gasteiger partial charge in [-0.2, -0.15) is 0 Å². The van der Waals surface area contributed by atoms with E-state index in [1.165, 1.54) is 0 Å². The second-order valence-electron chi connectivity index (χ2n) is 11.7. The number of rotatable bonds is 4. The van der Waals surface area contributed by atoms with Crippen molar-refractivity contribution >= 4 is 11.9 Å². The van der Waals surface area contributed by atoms with Crippen LogP contribution in [-0.4, -0.2) is 68.8 Å². The van der Waals surface area contributed by atoms with Gasteiger partial charge in [0, 0.05) is 24.5 Å². The lowest BCUT2D eigenvalue weighted by Crippen LogP contribution is -2.76. The van der Waals surface area contributed by atoms with E-state index in [0.29, 0.717) is 57.0 Å². The van der Waals surface area contributed by atoms with Crippen molar-refractivity contribution in [3.05, 3.63) is 29.3 Å². The molecule has 4 aliphatic carbocycles. The number of hydrogen-bond acceptors (Lipinski definition) is 5. The molecule has 2 saturated heterocycles. The van der Waals surface area contributed by atoms with E-state index in [1.807, 2.05) is 17.0 Å². The first-order valence-corrected chi connectivity index (χ1v) is 12.8. The summed E-state index contributed by atoms with van der Waals surface area (Å²) in [6.07, 6.45) is 7.28. The summed E-state index contributed by atoms with van der Waals surface area (Å²) >= 11 is 0. The normalized spacial score (nSPS) is 39.7. The molecule has 7 rings (SSSR count). The summed E-state index contributed by atoms with van der Waals surface area (Å²) in [6, 6.07) is 5.31. The molecule has 3 N–H and O–H groups in total. The molecule has 2 aliphatic heterocycles. The fourth-order valence-corrected chi connectivity index (χ4v) is 7.66. The molecule has 0 radical (unpaired) electrons. The van der Waals surface area contributed by atoms with Gasteiger partial charge in [0.15, 0.2) is 0 Å². The van der Waals surface area contributed by atoms with Crippen LogP contribution in [0.4, 0.5) is 4.79 Å². The van der Waals surface area contributed by atoms with Gasteiger partial charge in [0.2, 0.25) is 0 Å². The number of aliphatic hydroxyl groups is 1. The standard InChI is InChI=1S/C26H33N3O4/c30-19-6-5-18-11-21-26(33)8-7-25(15-24(26,9-10-27-21)20(18)12-19)22(31)28(13-16-1-2-16)23(32)29(25)14-17-3-4-17/h5-6,12,16-17,21,27,30,33H,1-4,7-11,13-15H2. The maximum absolute atomic E-state index is 14.1. The van der Waals surface area contributed by atoms with Gasteiger partial charge in [-0.05, 0) is 99.4 Å². The summed E-state index contributed by atoms with van der Waals surface area (Å²) in [4.78, 5) is 31.2. The summed E-state index contributed by atoms with van der Waals surface area (Å²) < 4.78 is 0. The molecule has 2 heterocycles. The molecule has 6 aliphatic rings. The number of hydrogen-bond donors (Lipinski definition) is 3. The molecule has 4 atom stereocenters. The average molecular weight is 452 g/mol. The third-order valence-corrected chi connectivity index (χ3v) is 9.79. The molecular formula is C26H33N3O4. The molecule has 7 nitrogen and oxygen atoms in total. The Kier molecular flexibility index (Phi) is 4.00. The molecule has 1 spiro atoms. The number of urea groups is 1. The predicted octanol–water partition coefficient (Wildman–Crippen LogP) is 2.29. The van der Waals surface area contributed by atoms with Crippen molar-refractivity contribution in [2.75, 3.05) is 19.6 Å². The minimum Gasteiger partial charge on any atom is -0.508 e. The van der Waals surface area contributed by atoms with Crippen LogP contribution in [0, 0.1) is 11.8 Å². The van der Waals surface area contributed by atoms with Gasteiger partial charge in [0.1, 0.15) is 11.3 Å². The first-order chi connectivity index (χ1) is 15.9. The quantitative estimate of drug-likeness (QED) is 0.611. The van der Waals surface area contributed by atoms with Crippen LogP contribution in [0.3, 0.4) is 0 Å². The number of imide groups is 1. The zero-order valence-electron chi connectivity index (χ0n) is 19.1. The van der Waals surface area contributed by atoms with Crippen LogP contribution in [0.15, 0.2) is 18.2 Å². The van der Waals surface area contributed by atoms with E-state index in [9.17, 15) is 19.8 Å². The third kappa shape index (κ3) is 2.64. The maximum atomic E-state index is 14.1. The van der Waals surface area contributed by atoms with Gasteiger partial charge in [-0.15, -0.1) is 0 Å². The number of phenols is 1. The van der Waals surface area contributed by atoms with E-state index >= 15 is 0 Å². The number of nitrogens with zero attached hydrogens (tertiary/aromatic N) is 2. The first kappa shape index (κ1) is 20.3. The van der Waals surface area contributed by atoms with E-state index in [1.54, 1.807) is 11.0 Å². The summed E-state index contributed by atoms with van der Waals surface area (Å²) in [5, 5.41) is 26.2. The lowest BCUT2D eigenvalue weighted by Gasteiger charge is -2.64. The molecule has 4 unspecified atom stereocenters. The molecule has 1 aromatic rings. The molecule has 7 heteroatoms. The Morgan fingerprint density at radius 3 is 2.55 bits per heavy atom. The number of nitrogens with one attached hydrogen (secondary N) is 1. The minimum absolute atomic E-state index is 0.0427. The van der Waals surface area contributed by atoms with Gasteiger partial charge in [0.25, 0.3) is 5.91 Å². The maximum Gasteiger partial charge on any atom is 0.327 e. The monoisotopic (exact) mass is 451 g/mol. The fourth-order valence-electron chi connectivity index (χ4n) is 7.66. The van der Waals surface area contributed by atoms with Crippen molar-refractivity contribution in [2.24, 2.45) is 11.8 Å². The zero-order valence-corrected chi connectivity index (χ0v) is 19.1. The van der Waals surface area contributed by atoms with Crippen LogP contribution in [0.2, 0.25) is 0 Å². The number of amides is 3. The van der Waals surface area contributed by atoms with Gasteiger partial charge >= 0.3 is 6.03 Å². The highest BCUT2D eigenvalue weighted by Crippen LogP contribution is 2.61. The SMILES string of the molecule is O=C1N(CC2CC2)C(=O)C2(CCC3(O)C4Cc5ccc(O)cc5C3(CCN4)C2)N1CC1CC1. The Labute approximate surface area is 194 Å². The Bertz CT molecular complexity index is 1050. The molecule has 5 fully saturated rings. The summed E-state index contributed by atoms with van der Waals surface area (Å²) in [6.45, 7) is 1.95. The number of benzene rings is 1. The molecule has 3 amide bonds. The summed E-state index contributed by atoms with van der Waals surface area (Å²) in [5.41, 5.74) is -0.416. The van der Waals surface area contributed by atoms with E-state index in [2.05, 4.69) is 5.32 Å². The third-order valence-electron chi connectivity index (χ3n) is 9.79. The Balaban J connectivity index is 1.36. The zero-order chi connectivity index (χ0) is 22.6. The molecule has 0 aromatic heterocycles. The molecule has 3 saturated carbocycles. The van der Waals surface area contributed by atoms with Crippen LogP contribution >= 0.6 is 0 Å². The highest BCUT2D eigenvalue weighted by atomic mass is 16.3. The van der Waals surface area contributed by atoms with E-state index in [4.69, 9.17) is 0 Å². The van der Waals surface area contributed by atoms with Crippen molar-refractivity contribution in [3.8, 4) is 5.75 Å². The van der Waals surface area contributed by atoms with E-state index in [0.717, 1.165) is 43.4 Å². The second-order valence-corrected chi connectivity index (χ2v) is 11.7. The topological polar surface area (TPSA) is 93.1 Å². The van der Waals surface area contributed by atoms with Gasteiger partial charge in [0.05, 0.1) is 5.60 Å². The van der Waals surface area contributed by atoms with Crippen LogP contribution in [-0.2, 0) is 16.6 Å². The lowest BCUT2D eigenvalue weighted by molar-refractivity contribution is -0.163. The van der Waals surface area contributed by atoms with Crippen LogP contribution in [0.1, 0.15) is 62.5 Å². The molecule has 176 valence electrons. The number of piperidine rings is 1. The fraction of sp³-hybridized carbons (Fsp3) is 0.692. The van der Waals surface area contributed by atoms with Crippen LogP contribution < -0.4 is 5.32 Å². The first-order valence-electron chi connectivity index (χ1n) is 12.8. The van der Waals surface area contributed by atoms with Gasteiger partial charge < -0.3 is 20.4 Å². The highest BCUT2D eigenvalue weighted by molar-refractivity contribution is 6.07. The largest absolute Gasteiger partial charge is 0.508 e. The molecule has 1 aromatic carbocycles. The van der Waals surface area contributed by atoms with Crippen molar-refractivity contribution in [2.45, 2.75) is 80.4 Å². The predicted molar refractivity (Wildman–Crippen MR) is 121 cm³/mol. The molecule has 33 heavy (non-hydrogen) atoms. The number of fused-ring (bicyclic) bond motifs is 1. The van der Waals surface area contributed by atoms with Crippen LogP contribution in [0.25, 0.3) is 0 Å². The van der Waals surface area contributed by atoms with E-state index in [-0.39, 0.29) is 23.7 Å². The van der Waals surface area contributed by atoms with Crippen LogP contribution in [0.5, 0.6) is 5.75 Å². The molecule has 2 bridgehead atoms. The lowest BCUT2D eigenvalue weighted by atomic mass is 9.47. The van der Waals surface area contributed by atoms with Crippen molar-refractivity contribution < 1.29 is 19.8 Å². The van der Waals surface area contributed by atoms with Crippen molar-refractivity contribution in [1.29, 1.82) is 0 Å². The average Bonchev–Trinajstić information content (AvgIpc) is 3.71. The van der Waals surface area contributed by atoms with Crippen molar-refractivity contribution in [3.63, 3.8) is 0 Å². The minimum atomic E-state index is -0.990. The number of phenolic OH excluding ortho intramolecular Hbond substituents is 1.